The van der Waals surface area contributed by atoms with Crippen LogP contribution in [-0.2, 0) is 16.4 Å². The van der Waals surface area contributed by atoms with Crippen molar-refractivity contribution in [3.8, 4) is 0 Å². The molecule has 1 aliphatic heterocycles. The zero-order valence-electron chi connectivity index (χ0n) is 10.6. The van der Waals surface area contributed by atoms with Crippen LogP contribution in [0, 0.1) is 5.92 Å². The van der Waals surface area contributed by atoms with E-state index in [9.17, 15) is 0 Å². The summed E-state index contributed by atoms with van der Waals surface area (Å²) in [6.07, 6.45) is 1.88. The third kappa shape index (κ3) is 1.89. The van der Waals surface area contributed by atoms with Gasteiger partial charge < -0.3 is 9.31 Å². The Balaban J connectivity index is 2.21. The summed E-state index contributed by atoms with van der Waals surface area (Å²) in [4.78, 5) is 0. The SMILES string of the molecule is CC(C)C1OB(c2ccnn2C)OC1(C)C. The average Bonchev–Trinajstić information content (AvgIpc) is 2.68. The Hall–Kier alpha value is -0.805. The van der Waals surface area contributed by atoms with Gasteiger partial charge in [0.05, 0.1) is 17.3 Å². The van der Waals surface area contributed by atoms with Crippen molar-refractivity contribution in [1.29, 1.82) is 0 Å². The van der Waals surface area contributed by atoms with Gasteiger partial charge in [0.1, 0.15) is 0 Å². The fourth-order valence-electron chi connectivity index (χ4n) is 2.37. The minimum Gasteiger partial charge on any atom is -0.400 e. The average molecular weight is 222 g/mol. The van der Waals surface area contributed by atoms with Crippen molar-refractivity contribution < 1.29 is 9.31 Å². The highest BCUT2D eigenvalue weighted by Gasteiger charge is 2.48. The van der Waals surface area contributed by atoms with Gasteiger partial charge in [0.25, 0.3) is 0 Å². The maximum absolute atomic E-state index is 5.98. The second kappa shape index (κ2) is 3.89. The molecule has 0 aliphatic carbocycles. The first-order chi connectivity index (χ1) is 7.42. The van der Waals surface area contributed by atoms with E-state index in [1.54, 1.807) is 10.9 Å². The van der Waals surface area contributed by atoms with Gasteiger partial charge in [0, 0.05) is 13.2 Å². The topological polar surface area (TPSA) is 36.3 Å². The summed E-state index contributed by atoms with van der Waals surface area (Å²) >= 11 is 0. The molecule has 1 fully saturated rings. The molecule has 16 heavy (non-hydrogen) atoms. The Labute approximate surface area is 97.1 Å². The molecule has 1 saturated heterocycles. The van der Waals surface area contributed by atoms with Crippen molar-refractivity contribution >= 4 is 12.7 Å². The largest absolute Gasteiger partial charge is 0.513 e. The molecule has 2 rings (SSSR count). The molecule has 2 heterocycles. The summed E-state index contributed by atoms with van der Waals surface area (Å²) in [5, 5.41) is 4.14. The third-order valence-corrected chi connectivity index (χ3v) is 3.07. The molecule has 0 radical (unpaired) electrons. The van der Waals surface area contributed by atoms with Gasteiger partial charge in [-0.2, -0.15) is 5.10 Å². The van der Waals surface area contributed by atoms with E-state index >= 15 is 0 Å². The normalized spacial score (nSPS) is 24.4. The standard InChI is InChI=1S/C11H19BN2O2/c1-8(2)10-11(3,4)16-12(15-10)9-6-7-13-14(9)5/h6-8,10H,1-5H3. The monoisotopic (exact) mass is 222 g/mol. The van der Waals surface area contributed by atoms with E-state index < -0.39 is 0 Å². The van der Waals surface area contributed by atoms with E-state index in [0.717, 1.165) is 5.59 Å². The van der Waals surface area contributed by atoms with Crippen LogP contribution >= 0.6 is 0 Å². The maximum atomic E-state index is 5.98. The van der Waals surface area contributed by atoms with Crippen LogP contribution in [0.2, 0.25) is 0 Å². The third-order valence-electron chi connectivity index (χ3n) is 3.07. The van der Waals surface area contributed by atoms with Gasteiger partial charge >= 0.3 is 7.12 Å². The highest BCUT2D eigenvalue weighted by atomic mass is 16.7. The predicted octanol–water partition coefficient (Wildman–Crippen LogP) is 0.965. The summed E-state index contributed by atoms with van der Waals surface area (Å²) in [5.74, 6) is 0.438. The number of nitrogens with zero attached hydrogens (tertiary/aromatic N) is 2. The first kappa shape index (κ1) is 11.7. The van der Waals surface area contributed by atoms with E-state index in [1.165, 1.54) is 0 Å². The van der Waals surface area contributed by atoms with Gasteiger partial charge in [-0.3, -0.25) is 4.68 Å². The van der Waals surface area contributed by atoms with Crippen LogP contribution in [0.25, 0.3) is 0 Å². The molecule has 1 aromatic heterocycles. The lowest BCUT2D eigenvalue weighted by Crippen LogP contribution is -2.38. The molecule has 0 aromatic carbocycles. The van der Waals surface area contributed by atoms with Gasteiger partial charge in [0.2, 0.25) is 0 Å². The quantitative estimate of drug-likeness (QED) is 0.699. The zero-order chi connectivity index (χ0) is 11.9. The van der Waals surface area contributed by atoms with Crippen LogP contribution in [0.4, 0.5) is 0 Å². The lowest BCUT2D eigenvalue weighted by atomic mass is 9.85. The van der Waals surface area contributed by atoms with Gasteiger partial charge in [-0.05, 0) is 25.8 Å². The van der Waals surface area contributed by atoms with Crippen LogP contribution in [0.5, 0.6) is 0 Å². The highest BCUT2D eigenvalue weighted by Crippen LogP contribution is 2.31. The molecule has 1 aromatic rings. The molecule has 88 valence electrons. The first-order valence-electron chi connectivity index (χ1n) is 5.73. The number of hydrogen-bond donors (Lipinski definition) is 0. The summed E-state index contributed by atoms with van der Waals surface area (Å²) in [6, 6.07) is 1.93. The lowest BCUT2D eigenvalue weighted by molar-refractivity contribution is 0.0438. The van der Waals surface area contributed by atoms with Crippen molar-refractivity contribution in [2.24, 2.45) is 13.0 Å². The van der Waals surface area contributed by atoms with Crippen molar-refractivity contribution in [2.75, 3.05) is 0 Å². The van der Waals surface area contributed by atoms with Gasteiger partial charge in [0.15, 0.2) is 0 Å². The molecule has 1 unspecified atom stereocenters. The second-order valence-electron chi connectivity index (χ2n) is 5.23. The predicted molar refractivity (Wildman–Crippen MR) is 63.5 cm³/mol. The molecule has 1 aliphatic rings. The molecule has 0 bridgehead atoms. The lowest BCUT2D eigenvalue weighted by Gasteiger charge is -2.28. The van der Waals surface area contributed by atoms with E-state index in [-0.39, 0.29) is 18.8 Å². The van der Waals surface area contributed by atoms with Gasteiger partial charge in [-0.25, -0.2) is 0 Å². The van der Waals surface area contributed by atoms with E-state index in [2.05, 4.69) is 32.8 Å². The van der Waals surface area contributed by atoms with Crippen molar-refractivity contribution in [3.05, 3.63) is 12.3 Å². The second-order valence-corrected chi connectivity index (χ2v) is 5.23. The Morgan fingerprint density at radius 2 is 2.19 bits per heavy atom. The van der Waals surface area contributed by atoms with Gasteiger partial charge in [-0.15, -0.1) is 0 Å². The van der Waals surface area contributed by atoms with Crippen LogP contribution in [-0.4, -0.2) is 28.6 Å². The zero-order valence-corrected chi connectivity index (χ0v) is 10.6. The van der Waals surface area contributed by atoms with Crippen LogP contribution in [0.15, 0.2) is 12.3 Å². The Morgan fingerprint density at radius 3 is 2.62 bits per heavy atom. The Bertz CT molecular complexity index is 376. The van der Waals surface area contributed by atoms with Crippen molar-refractivity contribution in [2.45, 2.75) is 39.4 Å². The molecule has 5 heteroatoms. The summed E-state index contributed by atoms with van der Waals surface area (Å²) in [5.41, 5.74) is 0.722. The molecule has 0 spiro atoms. The number of rotatable bonds is 2. The minimum absolute atomic E-state index is 0.118. The molecular weight excluding hydrogens is 203 g/mol. The summed E-state index contributed by atoms with van der Waals surface area (Å²) < 4.78 is 13.7. The van der Waals surface area contributed by atoms with E-state index in [0.29, 0.717) is 5.92 Å². The number of hydrogen-bond acceptors (Lipinski definition) is 3. The fraction of sp³-hybridized carbons (Fsp3) is 0.727. The van der Waals surface area contributed by atoms with Crippen LogP contribution in [0.1, 0.15) is 27.7 Å². The van der Waals surface area contributed by atoms with E-state index in [1.807, 2.05) is 13.1 Å². The molecule has 0 amide bonds. The minimum atomic E-state index is -0.296. The maximum Gasteiger partial charge on any atom is 0.513 e. The molecule has 1 atom stereocenters. The van der Waals surface area contributed by atoms with Gasteiger partial charge in [-0.1, -0.05) is 13.8 Å². The smallest absolute Gasteiger partial charge is 0.400 e. The molecule has 4 nitrogen and oxygen atoms in total. The van der Waals surface area contributed by atoms with Crippen molar-refractivity contribution in [3.63, 3.8) is 0 Å². The van der Waals surface area contributed by atoms with Crippen LogP contribution < -0.4 is 5.59 Å². The first-order valence-corrected chi connectivity index (χ1v) is 5.73. The highest BCUT2D eigenvalue weighted by molar-refractivity contribution is 6.61. The van der Waals surface area contributed by atoms with Crippen molar-refractivity contribution in [1.82, 2.24) is 9.78 Å². The fourth-order valence-corrected chi connectivity index (χ4v) is 2.37. The van der Waals surface area contributed by atoms with E-state index in [4.69, 9.17) is 9.31 Å². The summed E-state index contributed by atoms with van der Waals surface area (Å²) in [6.45, 7) is 8.46. The Morgan fingerprint density at radius 1 is 1.50 bits per heavy atom. The molecule has 0 N–H and O–H groups in total. The number of aromatic nitrogens is 2. The molecular formula is C11H19BN2O2. The Kier molecular flexibility index (Phi) is 2.84. The molecule has 0 saturated carbocycles. The summed E-state index contributed by atoms with van der Waals surface area (Å²) in [7, 11) is 1.60. The van der Waals surface area contributed by atoms with Crippen LogP contribution in [0.3, 0.4) is 0 Å². The number of aryl methyl sites for hydroxylation is 1.